The van der Waals surface area contributed by atoms with Crippen LogP contribution < -0.4 is 9.47 Å². The van der Waals surface area contributed by atoms with Crippen LogP contribution in [0.5, 0.6) is 11.5 Å². The van der Waals surface area contributed by atoms with E-state index in [1.807, 2.05) is 12.1 Å². The maximum absolute atomic E-state index is 5.74. The Balaban J connectivity index is 1.84. The van der Waals surface area contributed by atoms with E-state index in [-0.39, 0.29) is 0 Å². The molecule has 0 saturated carbocycles. The highest BCUT2D eigenvalue weighted by Gasteiger charge is 2.25. The smallest absolute Gasteiger partial charge is 0.131 e. The van der Waals surface area contributed by atoms with Gasteiger partial charge in [-0.2, -0.15) is 0 Å². The van der Waals surface area contributed by atoms with E-state index in [1.165, 1.54) is 27.3 Å². The molecule has 0 aliphatic carbocycles. The summed E-state index contributed by atoms with van der Waals surface area (Å²) in [6.45, 7) is 5.24. The molecule has 0 radical (unpaired) electrons. The van der Waals surface area contributed by atoms with Gasteiger partial charge in [0.2, 0.25) is 0 Å². The summed E-state index contributed by atoms with van der Waals surface area (Å²) in [6.07, 6.45) is 1.03. The summed E-state index contributed by atoms with van der Waals surface area (Å²) in [5.41, 5.74) is 5.82. The van der Waals surface area contributed by atoms with E-state index in [0.717, 1.165) is 54.3 Å². The molecule has 1 aliphatic rings. The number of ether oxygens (including phenoxy) is 2. The molecular formula is C26H26N2O2. The lowest BCUT2D eigenvalue weighted by Gasteiger charge is -2.30. The van der Waals surface area contributed by atoms with Crippen molar-refractivity contribution < 1.29 is 9.47 Å². The molecule has 1 aromatic heterocycles. The van der Waals surface area contributed by atoms with E-state index < -0.39 is 0 Å². The molecule has 0 spiro atoms. The maximum atomic E-state index is 5.74. The van der Waals surface area contributed by atoms with Crippen molar-refractivity contribution in [3.05, 3.63) is 65.7 Å². The Morgan fingerprint density at radius 1 is 0.967 bits per heavy atom. The second-order valence-electron chi connectivity index (χ2n) is 7.78. The monoisotopic (exact) mass is 398 g/mol. The Labute approximate surface area is 177 Å². The fraction of sp³-hybridized carbons (Fsp3) is 0.269. The van der Waals surface area contributed by atoms with Gasteiger partial charge in [0.05, 0.1) is 25.4 Å². The molecule has 4 nitrogen and oxygen atoms in total. The second-order valence-corrected chi connectivity index (χ2v) is 7.78. The fourth-order valence-corrected chi connectivity index (χ4v) is 4.66. The number of hydrogen-bond donors (Lipinski definition) is 0. The third-order valence-electron chi connectivity index (χ3n) is 6.26. The van der Waals surface area contributed by atoms with E-state index in [4.69, 9.17) is 14.5 Å². The number of methoxy groups -OCH3 is 2. The van der Waals surface area contributed by atoms with Crippen molar-refractivity contribution in [2.75, 3.05) is 27.3 Å². The Morgan fingerprint density at radius 3 is 2.63 bits per heavy atom. The molecule has 1 aliphatic heterocycles. The highest BCUT2D eigenvalue weighted by molar-refractivity contribution is 6.09. The molecule has 0 amide bonds. The molecule has 4 aromatic rings. The quantitative estimate of drug-likeness (QED) is 0.428. The first kappa shape index (κ1) is 18.9. The Kier molecular flexibility index (Phi) is 4.80. The molecule has 30 heavy (non-hydrogen) atoms. The summed E-state index contributed by atoms with van der Waals surface area (Å²) in [7, 11) is 3.38. The number of aromatic nitrogens is 1. The van der Waals surface area contributed by atoms with Crippen LogP contribution in [0.1, 0.15) is 18.1 Å². The molecule has 0 bridgehead atoms. The molecule has 0 N–H and O–H groups in total. The highest BCUT2D eigenvalue weighted by atomic mass is 16.5. The van der Waals surface area contributed by atoms with Gasteiger partial charge in [0.1, 0.15) is 11.5 Å². The van der Waals surface area contributed by atoms with Crippen LogP contribution in [0, 0.1) is 0 Å². The zero-order valence-electron chi connectivity index (χ0n) is 17.7. The van der Waals surface area contributed by atoms with E-state index >= 15 is 0 Å². The first-order valence-electron chi connectivity index (χ1n) is 10.5. The summed E-state index contributed by atoms with van der Waals surface area (Å²) < 4.78 is 11.1. The van der Waals surface area contributed by atoms with Gasteiger partial charge in [-0.15, -0.1) is 0 Å². The average molecular weight is 399 g/mol. The largest absolute Gasteiger partial charge is 0.497 e. The van der Waals surface area contributed by atoms with Gasteiger partial charge >= 0.3 is 0 Å². The van der Waals surface area contributed by atoms with E-state index in [0.29, 0.717) is 0 Å². The van der Waals surface area contributed by atoms with Crippen molar-refractivity contribution in [2.45, 2.75) is 19.9 Å². The molecule has 4 heteroatoms. The molecule has 0 fully saturated rings. The van der Waals surface area contributed by atoms with E-state index in [9.17, 15) is 0 Å². The van der Waals surface area contributed by atoms with Crippen molar-refractivity contribution in [1.82, 2.24) is 9.88 Å². The summed E-state index contributed by atoms with van der Waals surface area (Å²) in [4.78, 5) is 7.68. The van der Waals surface area contributed by atoms with Crippen molar-refractivity contribution in [3.8, 4) is 22.8 Å². The van der Waals surface area contributed by atoms with Gasteiger partial charge in [0.25, 0.3) is 0 Å². The first-order valence-corrected chi connectivity index (χ1v) is 10.5. The zero-order chi connectivity index (χ0) is 20.7. The predicted octanol–water partition coefficient (Wildman–Crippen LogP) is 5.45. The Bertz CT molecular complexity index is 1250. The number of likely N-dealkylation sites (N-methyl/N-ethyl adjacent to an activating group) is 1. The molecule has 0 unspecified atom stereocenters. The van der Waals surface area contributed by atoms with Crippen LogP contribution in [0.3, 0.4) is 0 Å². The number of pyridine rings is 1. The molecule has 0 atom stereocenters. The van der Waals surface area contributed by atoms with Crippen LogP contribution in [0.15, 0.2) is 54.6 Å². The SMILES string of the molecule is CCN1CCc2c(c(-c3ccc(OC)cc3OC)nc3ccc4ccccc4c23)C1. The number of nitrogens with zero attached hydrogens (tertiary/aromatic N) is 2. The highest BCUT2D eigenvalue weighted by Crippen LogP contribution is 2.40. The van der Waals surface area contributed by atoms with Crippen LogP contribution >= 0.6 is 0 Å². The van der Waals surface area contributed by atoms with E-state index in [2.05, 4.69) is 54.3 Å². The third kappa shape index (κ3) is 2.99. The number of hydrogen-bond acceptors (Lipinski definition) is 4. The predicted molar refractivity (Wildman–Crippen MR) is 122 cm³/mol. The van der Waals surface area contributed by atoms with Gasteiger partial charge in [0.15, 0.2) is 0 Å². The van der Waals surface area contributed by atoms with Crippen LogP contribution in [-0.2, 0) is 13.0 Å². The molecule has 3 aromatic carbocycles. The van der Waals surface area contributed by atoms with Crippen LogP contribution in [0.25, 0.3) is 32.9 Å². The molecular weight excluding hydrogens is 372 g/mol. The number of fused-ring (bicyclic) bond motifs is 5. The zero-order valence-corrected chi connectivity index (χ0v) is 17.7. The van der Waals surface area contributed by atoms with Gasteiger partial charge in [-0.25, -0.2) is 4.98 Å². The van der Waals surface area contributed by atoms with Crippen molar-refractivity contribution in [2.24, 2.45) is 0 Å². The van der Waals surface area contributed by atoms with Gasteiger partial charge in [0, 0.05) is 30.1 Å². The Hall–Kier alpha value is -3.11. The summed E-state index contributed by atoms with van der Waals surface area (Å²) in [5, 5.41) is 3.86. The van der Waals surface area contributed by atoms with Crippen LogP contribution in [-0.4, -0.2) is 37.2 Å². The first-order chi connectivity index (χ1) is 14.7. The molecule has 2 heterocycles. The van der Waals surface area contributed by atoms with Crippen LogP contribution in [0.4, 0.5) is 0 Å². The maximum Gasteiger partial charge on any atom is 0.131 e. The lowest BCUT2D eigenvalue weighted by atomic mass is 9.89. The van der Waals surface area contributed by atoms with Gasteiger partial charge < -0.3 is 9.47 Å². The van der Waals surface area contributed by atoms with Gasteiger partial charge in [-0.1, -0.05) is 37.3 Å². The second kappa shape index (κ2) is 7.62. The van der Waals surface area contributed by atoms with Crippen molar-refractivity contribution in [1.29, 1.82) is 0 Å². The third-order valence-corrected chi connectivity index (χ3v) is 6.26. The normalized spacial score (nSPS) is 14.1. The minimum atomic E-state index is 0.784. The topological polar surface area (TPSA) is 34.6 Å². The molecule has 0 saturated heterocycles. The lowest BCUT2D eigenvalue weighted by Crippen LogP contribution is -2.31. The van der Waals surface area contributed by atoms with Crippen LogP contribution in [0.2, 0.25) is 0 Å². The Morgan fingerprint density at radius 2 is 1.83 bits per heavy atom. The van der Waals surface area contributed by atoms with Gasteiger partial charge in [-0.3, -0.25) is 4.90 Å². The van der Waals surface area contributed by atoms with Crippen molar-refractivity contribution in [3.63, 3.8) is 0 Å². The van der Waals surface area contributed by atoms with Crippen molar-refractivity contribution >= 4 is 21.7 Å². The molecule has 152 valence electrons. The lowest BCUT2D eigenvalue weighted by molar-refractivity contribution is 0.269. The van der Waals surface area contributed by atoms with E-state index in [1.54, 1.807) is 14.2 Å². The summed E-state index contributed by atoms with van der Waals surface area (Å²) in [6, 6.07) is 18.9. The minimum absolute atomic E-state index is 0.784. The average Bonchev–Trinajstić information content (AvgIpc) is 2.82. The molecule has 5 rings (SSSR count). The fourth-order valence-electron chi connectivity index (χ4n) is 4.66. The van der Waals surface area contributed by atoms with Gasteiger partial charge in [-0.05, 0) is 53.1 Å². The minimum Gasteiger partial charge on any atom is -0.497 e. The number of rotatable bonds is 4. The number of benzene rings is 3. The standard InChI is InChI=1S/C26H26N2O2/c1-4-28-14-13-20-22(16-28)26(21-11-10-18(29-2)15-24(21)30-3)27-23-12-9-17-7-5-6-8-19(17)25(20)23/h5-12,15H,4,13-14,16H2,1-3H3. The summed E-state index contributed by atoms with van der Waals surface area (Å²) >= 11 is 0. The summed E-state index contributed by atoms with van der Waals surface area (Å²) in [5.74, 6) is 1.57.